The van der Waals surface area contributed by atoms with Crippen LogP contribution in [0.2, 0.25) is 0 Å². The Labute approximate surface area is 169 Å². The summed E-state index contributed by atoms with van der Waals surface area (Å²) in [5.41, 5.74) is 2.49. The molecule has 28 heavy (non-hydrogen) atoms. The largest absolute Gasteiger partial charge is 0.302 e. The number of carbonyl (C=O) groups is 1. The van der Waals surface area contributed by atoms with Gasteiger partial charge < -0.3 is 5.32 Å². The fraction of sp³-hybridized carbons (Fsp3) is 0.100. The van der Waals surface area contributed by atoms with Crippen LogP contribution in [0.3, 0.4) is 0 Å². The first-order valence-corrected chi connectivity index (χ1v) is 10.2. The van der Waals surface area contributed by atoms with Gasteiger partial charge in [0.15, 0.2) is 5.13 Å². The number of hydrogen-bond acceptors (Lipinski definition) is 6. The topological polar surface area (TPSA) is 67.8 Å². The number of amides is 1. The molecule has 0 fully saturated rings. The second-order valence-corrected chi connectivity index (χ2v) is 7.99. The van der Waals surface area contributed by atoms with Gasteiger partial charge in [-0.25, -0.2) is 14.4 Å². The van der Waals surface area contributed by atoms with Gasteiger partial charge in [0, 0.05) is 29.1 Å². The molecule has 0 bridgehead atoms. The van der Waals surface area contributed by atoms with E-state index in [4.69, 9.17) is 0 Å². The van der Waals surface area contributed by atoms with E-state index in [1.807, 2.05) is 23.6 Å². The standard InChI is InChI=1S/C20H15FN4OS2/c21-14-6-4-13(5-7-14)9-16-11-23-20(28-16)25-18(26)10-15-12-27-19(24-15)17-3-1-2-8-22-17/h1-8,11-12H,9-10H2,(H,23,25,26). The van der Waals surface area contributed by atoms with Crippen LogP contribution in [-0.4, -0.2) is 20.9 Å². The monoisotopic (exact) mass is 410 g/mol. The van der Waals surface area contributed by atoms with Gasteiger partial charge in [0.25, 0.3) is 0 Å². The lowest BCUT2D eigenvalue weighted by molar-refractivity contribution is -0.115. The molecule has 1 amide bonds. The van der Waals surface area contributed by atoms with Gasteiger partial charge in [-0.05, 0) is 29.8 Å². The molecule has 5 nitrogen and oxygen atoms in total. The number of nitrogens with one attached hydrogen (secondary N) is 1. The van der Waals surface area contributed by atoms with Gasteiger partial charge in [-0.1, -0.05) is 18.2 Å². The quantitative estimate of drug-likeness (QED) is 0.505. The lowest BCUT2D eigenvalue weighted by Gasteiger charge is -1.99. The number of nitrogens with zero attached hydrogens (tertiary/aromatic N) is 3. The molecule has 0 saturated carbocycles. The van der Waals surface area contributed by atoms with E-state index in [0.29, 0.717) is 17.2 Å². The van der Waals surface area contributed by atoms with Gasteiger partial charge in [0.1, 0.15) is 10.8 Å². The van der Waals surface area contributed by atoms with Gasteiger partial charge in [-0.2, -0.15) is 0 Å². The van der Waals surface area contributed by atoms with Crippen LogP contribution in [0.1, 0.15) is 16.1 Å². The summed E-state index contributed by atoms with van der Waals surface area (Å²) in [7, 11) is 0. The van der Waals surface area contributed by atoms with E-state index < -0.39 is 0 Å². The number of aromatic nitrogens is 3. The second-order valence-electron chi connectivity index (χ2n) is 6.02. The zero-order chi connectivity index (χ0) is 19.3. The summed E-state index contributed by atoms with van der Waals surface area (Å²) < 4.78 is 13.0. The van der Waals surface area contributed by atoms with E-state index in [0.717, 1.165) is 21.1 Å². The minimum Gasteiger partial charge on any atom is -0.302 e. The van der Waals surface area contributed by atoms with Crippen molar-refractivity contribution in [3.8, 4) is 10.7 Å². The Morgan fingerprint density at radius 1 is 1.11 bits per heavy atom. The molecule has 4 rings (SSSR count). The predicted molar refractivity (Wildman–Crippen MR) is 109 cm³/mol. The first-order valence-electron chi connectivity index (χ1n) is 8.50. The van der Waals surface area contributed by atoms with E-state index in [9.17, 15) is 9.18 Å². The van der Waals surface area contributed by atoms with Crippen LogP contribution in [0.15, 0.2) is 60.2 Å². The fourth-order valence-electron chi connectivity index (χ4n) is 2.57. The number of thiazole rings is 2. The molecule has 0 saturated heterocycles. The van der Waals surface area contributed by atoms with Gasteiger partial charge in [0.2, 0.25) is 5.91 Å². The van der Waals surface area contributed by atoms with Crippen molar-refractivity contribution in [3.05, 3.63) is 82.2 Å². The molecule has 0 spiro atoms. The van der Waals surface area contributed by atoms with Gasteiger partial charge in [0.05, 0.1) is 17.8 Å². The van der Waals surface area contributed by atoms with Crippen molar-refractivity contribution >= 4 is 33.7 Å². The molecule has 3 heterocycles. The summed E-state index contributed by atoms with van der Waals surface area (Å²) in [6.07, 6.45) is 4.27. The summed E-state index contributed by atoms with van der Waals surface area (Å²) in [5, 5.41) is 6.01. The van der Waals surface area contributed by atoms with Crippen LogP contribution in [0.25, 0.3) is 10.7 Å². The molecule has 1 aromatic carbocycles. The predicted octanol–water partition coefficient (Wildman–Crippen LogP) is 4.57. The third-order valence-electron chi connectivity index (χ3n) is 3.87. The number of pyridine rings is 1. The van der Waals surface area contributed by atoms with Gasteiger partial charge >= 0.3 is 0 Å². The normalized spacial score (nSPS) is 10.8. The van der Waals surface area contributed by atoms with E-state index in [-0.39, 0.29) is 18.1 Å². The first-order chi connectivity index (χ1) is 13.7. The third-order valence-corrected chi connectivity index (χ3v) is 5.70. The average molecular weight is 410 g/mol. The molecular formula is C20H15FN4OS2. The maximum atomic E-state index is 13.0. The molecule has 0 aliphatic carbocycles. The summed E-state index contributed by atoms with van der Waals surface area (Å²) >= 11 is 2.87. The molecular weight excluding hydrogens is 395 g/mol. The van der Waals surface area contributed by atoms with Crippen molar-refractivity contribution in [3.63, 3.8) is 0 Å². The Morgan fingerprint density at radius 3 is 2.75 bits per heavy atom. The zero-order valence-electron chi connectivity index (χ0n) is 14.6. The van der Waals surface area contributed by atoms with E-state index in [2.05, 4.69) is 20.3 Å². The number of carbonyl (C=O) groups excluding carboxylic acids is 1. The Balaban J connectivity index is 1.35. The molecule has 0 radical (unpaired) electrons. The fourth-order valence-corrected chi connectivity index (χ4v) is 4.23. The minimum absolute atomic E-state index is 0.166. The second kappa shape index (κ2) is 8.37. The van der Waals surface area contributed by atoms with Crippen molar-refractivity contribution in [1.82, 2.24) is 15.0 Å². The van der Waals surface area contributed by atoms with Crippen LogP contribution in [-0.2, 0) is 17.6 Å². The highest BCUT2D eigenvalue weighted by Crippen LogP contribution is 2.23. The molecule has 1 N–H and O–H groups in total. The number of anilines is 1. The highest BCUT2D eigenvalue weighted by molar-refractivity contribution is 7.15. The van der Waals surface area contributed by atoms with Gasteiger partial charge in [-0.3, -0.25) is 9.78 Å². The maximum Gasteiger partial charge on any atom is 0.232 e. The highest BCUT2D eigenvalue weighted by Gasteiger charge is 2.12. The Morgan fingerprint density at radius 2 is 1.96 bits per heavy atom. The zero-order valence-corrected chi connectivity index (χ0v) is 16.3. The van der Waals surface area contributed by atoms with Crippen LogP contribution in [0.5, 0.6) is 0 Å². The lowest BCUT2D eigenvalue weighted by atomic mass is 10.1. The van der Waals surface area contributed by atoms with Crippen molar-refractivity contribution in [1.29, 1.82) is 0 Å². The molecule has 4 aromatic rings. The van der Waals surface area contributed by atoms with Crippen molar-refractivity contribution in [2.24, 2.45) is 0 Å². The van der Waals surface area contributed by atoms with Gasteiger partial charge in [-0.15, -0.1) is 22.7 Å². The Kier molecular flexibility index (Phi) is 5.50. The SMILES string of the molecule is O=C(Cc1csc(-c2ccccn2)n1)Nc1ncc(Cc2ccc(F)cc2)s1. The van der Waals surface area contributed by atoms with Crippen LogP contribution < -0.4 is 5.32 Å². The van der Waals surface area contributed by atoms with E-state index >= 15 is 0 Å². The van der Waals surface area contributed by atoms with Crippen molar-refractivity contribution < 1.29 is 9.18 Å². The Hall–Kier alpha value is -2.97. The van der Waals surface area contributed by atoms with Crippen molar-refractivity contribution in [2.75, 3.05) is 5.32 Å². The van der Waals surface area contributed by atoms with Crippen LogP contribution >= 0.6 is 22.7 Å². The number of benzene rings is 1. The first kappa shape index (κ1) is 18.4. The van der Waals surface area contributed by atoms with E-state index in [1.54, 1.807) is 24.5 Å². The average Bonchev–Trinajstić information content (AvgIpc) is 3.34. The van der Waals surface area contributed by atoms with Crippen molar-refractivity contribution in [2.45, 2.75) is 12.8 Å². The summed E-state index contributed by atoms with van der Waals surface area (Å²) in [6.45, 7) is 0. The number of hydrogen-bond donors (Lipinski definition) is 1. The molecule has 0 aliphatic heterocycles. The Bertz CT molecular complexity index is 1080. The minimum atomic E-state index is -0.255. The highest BCUT2D eigenvalue weighted by atomic mass is 32.1. The van der Waals surface area contributed by atoms with Crippen LogP contribution in [0.4, 0.5) is 9.52 Å². The summed E-state index contributed by atoms with van der Waals surface area (Å²) in [5.74, 6) is -0.421. The molecule has 0 unspecified atom stereocenters. The maximum absolute atomic E-state index is 13.0. The molecule has 0 atom stereocenters. The molecule has 0 aliphatic rings. The van der Waals surface area contributed by atoms with Crippen LogP contribution in [0, 0.1) is 5.82 Å². The molecule has 140 valence electrons. The number of rotatable bonds is 6. The number of halogens is 1. The smallest absolute Gasteiger partial charge is 0.232 e. The summed E-state index contributed by atoms with van der Waals surface area (Å²) in [4.78, 5) is 26.3. The lowest BCUT2D eigenvalue weighted by Crippen LogP contribution is -2.14. The third kappa shape index (κ3) is 4.65. The summed E-state index contributed by atoms with van der Waals surface area (Å²) in [6, 6.07) is 12.0. The molecule has 8 heteroatoms. The van der Waals surface area contributed by atoms with E-state index in [1.165, 1.54) is 34.8 Å². The molecule has 3 aromatic heterocycles.